The first-order valence-electron chi connectivity index (χ1n) is 8.64. The number of amides is 3. The molecule has 3 amide bonds. The molecule has 2 aromatic carbocycles. The molecule has 1 atom stereocenters. The molecule has 0 saturated carbocycles. The summed E-state index contributed by atoms with van der Waals surface area (Å²) in [4.78, 5) is 40.2. The van der Waals surface area contributed by atoms with Gasteiger partial charge in [-0.3, -0.25) is 14.4 Å². The molecule has 1 aliphatic heterocycles. The second kappa shape index (κ2) is 8.20. The summed E-state index contributed by atoms with van der Waals surface area (Å²) in [5.74, 6) is -1.20. The van der Waals surface area contributed by atoms with E-state index < -0.39 is 5.92 Å². The molecule has 1 aliphatic rings. The zero-order chi connectivity index (χ0) is 20.4. The molecule has 0 radical (unpaired) electrons. The van der Waals surface area contributed by atoms with Crippen molar-refractivity contribution in [3.63, 3.8) is 0 Å². The molecular formula is C20H19Cl2N3O3. The van der Waals surface area contributed by atoms with Crippen molar-refractivity contribution in [2.75, 3.05) is 30.9 Å². The molecule has 8 heteroatoms. The van der Waals surface area contributed by atoms with Crippen molar-refractivity contribution in [1.29, 1.82) is 0 Å². The Balaban J connectivity index is 1.74. The minimum Gasteiger partial charge on any atom is -0.345 e. The highest BCUT2D eigenvalue weighted by molar-refractivity contribution is 6.34. The van der Waals surface area contributed by atoms with Crippen LogP contribution in [0.15, 0.2) is 42.5 Å². The number of carbonyl (C=O) groups excluding carboxylic acids is 3. The van der Waals surface area contributed by atoms with Gasteiger partial charge in [0.15, 0.2) is 0 Å². The quantitative estimate of drug-likeness (QED) is 0.821. The average Bonchev–Trinajstić information content (AvgIpc) is 3.04. The van der Waals surface area contributed by atoms with Gasteiger partial charge in [0.2, 0.25) is 11.8 Å². The van der Waals surface area contributed by atoms with E-state index in [-0.39, 0.29) is 30.7 Å². The average molecular weight is 420 g/mol. The summed E-state index contributed by atoms with van der Waals surface area (Å²) in [6.45, 7) is 0.249. The first-order chi connectivity index (χ1) is 13.3. The van der Waals surface area contributed by atoms with E-state index in [9.17, 15) is 14.4 Å². The smallest absolute Gasteiger partial charge is 0.253 e. The Morgan fingerprint density at radius 3 is 2.57 bits per heavy atom. The van der Waals surface area contributed by atoms with Crippen molar-refractivity contribution in [2.24, 2.45) is 5.92 Å². The van der Waals surface area contributed by atoms with Crippen LogP contribution >= 0.6 is 23.2 Å². The maximum Gasteiger partial charge on any atom is 0.253 e. The summed E-state index contributed by atoms with van der Waals surface area (Å²) in [5.41, 5.74) is 1.41. The van der Waals surface area contributed by atoms with Crippen molar-refractivity contribution in [3.8, 4) is 0 Å². The number of nitrogens with one attached hydrogen (secondary N) is 1. The molecule has 28 heavy (non-hydrogen) atoms. The summed E-state index contributed by atoms with van der Waals surface area (Å²) >= 11 is 12.2. The molecule has 146 valence electrons. The molecule has 6 nitrogen and oxygen atoms in total. The number of hydrogen-bond donors (Lipinski definition) is 1. The highest BCUT2D eigenvalue weighted by Gasteiger charge is 2.35. The van der Waals surface area contributed by atoms with Crippen LogP contribution in [0.3, 0.4) is 0 Å². The van der Waals surface area contributed by atoms with E-state index in [1.54, 1.807) is 55.4 Å². The number of halogens is 2. The summed E-state index contributed by atoms with van der Waals surface area (Å²) < 4.78 is 0. The van der Waals surface area contributed by atoms with Gasteiger partial charge in [0.1, 0.15) is 0 Å². The van der Waals surface area contributed by atoms with E-state index >= 15 is 0 Å². The van der Waals surface area contributed by atoms with Gasteiger partial charge in [-0.1, -0.05) is 29.3 Å². The van der Waals surface area contributed by atoms with Crippen molar-refractivity contribution < 1.29 is 14.4 Å². The number of benzene rings is 2. The van der Waals surface area contributed by atoms with E-state index in [1.807, 2.05) is 0 Å². The van der Waals surface area contributed by atoms with Crippen molar-refractivity contribution in [3.05, 3.63) is 58.1 Å². The lowest BCUT2D eigenvalue weighted by atomic mass is 10.1. The maximum absolute atomic E-state index is 12.7. The summed E-state index contributed by atoms with van der Waals surface area (Å²) in [6, 6.07) is 11.6. The molecule has 0 aromatic heterocycles. The van der Waals surface area contributed by atoms with Crippen LogP contribution in [0.2, 0.25) is 10.0 Å². The second-order valence-corrected chi connectivity index (χ2v) is 7.61. The van der Waals surface area contributed by atoms with Gasteiger partial charge in [-0.25, -0.2) is 0 Å². The van der Waals surface area contributed by atoms with Gasteiger partial charge in [0.25, 0.3) is 5.91 Å². The fourth-order valence-electron chi connectivity index (χ4n) is 3.02. The molecule has 0 bridgehead atoms. The van der Waals surface area contributed by atoms with Crippen LogP contribution in [-0.2, 0) is 9.59 Å². The van der Waals surface area contributed by atoms with Crippen LogP contribution in [0.1, 0.15) is 16.8 Å². The number of nitrogens with zero attached hydrogens (tertiary/aromatic N) is 2. The molecule has 1 unspecified atom stereocenters. The van der Waals surface area contributed by atoms with Gasteiger partial charge in [0.05, 0.1) is 16.6 Å². The maximum atomic E-state index is 12.7. The SMILES string of the molecule is CN(C)C(=O)c1ccc(Cl)c(NC(=O)C2CC(=O)N(c3cccc(Cl)c3)C2)c1. The molecule has 3 rings (SSSR count). The third-order valence-corrected chi connectivity index (χ3v) is 5.06. The lowest BCUT2D eigenvalue weighted by molar-refractivity contribution is -0.122. The zero-order valence-electron chi connectivity index (χ0n) is 15.4. The van der Waals surface area contributed by atoms with Gasteiger partial charge in [-0.15, -0.1) is 0 Å². The van der Waals surface area contributed by atoms with Crippen molar-refractivity contribution in [2.45, 2.75) is 6.42 Å². The molecule has 0 aliphatic carbocycles. The Bertz CT molecular complexity index is 946. The summed E-state index contributed by atoms with van der Waals surface area (Å²) in [6.07, 6.45) is 0.0896. The van der Waals surface area contributed by atoms with E-state index in [0.29, 0.717) is 27.0 Å². The third kappa shape index (κ3) is 4.29. The molecule has 1 heterocycles. The minimum absolute atomic E-state index is 0.0896. The van der Waals surface area contributed by atoms with Gasteiger partial charge in [-0.05, 0) is 36.4 Å². The summed E-state index contributed by atoms with van der Waals surface area (Å²) in [7, 11) is 3.29. The van der Waals surface area contributed by atoms with Gasteiger partial charge < -0.3 is 15.1 Å². The fraction of sp³-hybridized carbons (Fsp3) is 0.250. The number of carbonyl (C=O) groups is 3. The second-order valence-electron chi connectivity index (χ2n) is 6.77. The lowest BCUT2D eigenvalue weighted by Gasteiger charge is -2.17. The van der Waals surface area contributed by atoms with Crippen LogP contribution in [-0.4, -0.2) is 43.3 Å². The molecule has 1 fully saturated rings. The third-order valence-electron chi connectivity index (χ3n) is 4.49. The topological polar surface area (TPSA) is 69.7 Å². The molecule has 1 N–H and O–H groups in total. The molecule has 2 aromatic rings. The van der Waals surface area contributed by atoms with Gasteiger partial charge in [-0.2, -0.15) is 0 Å². The molecule has 0 spiro atoms. The first-order valence-corrected chi connectivity index (χ1v) is 9.40. The van der Waals surface area contributed by atoms with Gasteiger partial charge in [0, 0.05) is 43.3 Å². The van der Waals surface area contributed by atoms with E-state index in [4.69, 9.17) is 23.2 Å². The normalized spacial score (nSPS) is 16.2. The Hall–Kier alpha value is -2.57. The van der Waals surface area contributed by atoms with Crippen molar-refractivity contribution in [1.82, 2.24) is 4.90 Å². The molecular weight excluding hydrogens is 401 g/mol. The molecule has 1 saturated heterocycles. The van der Waals surface area contributed by atoms with Crippen LogP contribution in [0.4, 0.5) is 11.4 Å². The highest BCUT2D eigenvalue weighted by atomic mass is 35.5. The predicted octanol–water partition coefficient (Wildman–Crippen LogP) is 3.69. The minimum atomic E-state index is -0.532. The zero-order valence-corrected chi connectivity index (χ0v) is 16.9. The Morgan fingerprint density at radius 2 is 1.89 bits per heavy atom. The Labute approximate surface area is 173 Å². The fourth-order valence-corrected chi connectivity index (χ4v) is 3.37. The number of anilines is 2. The standard InChI is InChI=1S/C20H19Cl2N3O3/c1-24(2)20(28)12-6-7-16(22)17(8-12)23-19(27)13-9-18(26)25(11-13)15-5-3-4-14(21)10-15/h3-8,10,13H,9,11H2,1-2H3,(H,23,27). The van der Waals surface area contributed by atoms with Gasteiger partial charge >= 0.3 is 0 Å². The first kappa shape index (κ1) is 20.2. The summed E-state index contributed by atoms with van der Waals surface area (Å²) in [5, 5.41) is 3.58. The predicted molar refractivity (Wildman–Crippen MR) is 110 cm³/mol. The Morgan fingerprint density at radius 1 is 1.14 bits per heavy atom. The monoisotopic (exact) mass is 419 g/mol. The number of hydrogen-bond acceptors (Lipinski definition) is 3. The van der Waals surface area contributed by atoms with Crippen LogP contribution in [0.5, 0.6) is 0 Å². The lowest BCUT2D eigenvalue weighted by Crippen LogP contribution is -2.28. The largest absolute Gasteiger partial charge is 0.345 e. The number of rotatable bonds is 4. The van der Waals surface area contributed by atoms with Crippen LogP contribution in [0.25, 0.3) is 0 Å². The van der Waals surface area contributed by atoms with E-state index in [2.05, 4.69) is 5.32 Å². The van der Waals surface area contributed by atoms with Crippen LogP contribution < -0.4 is 10.2 Å². The van der Waals surface area contributed by atoms with Crippen LogP contribution in [0, 0.1) is 5.92 Å². The Kier molecular flexibility index (Phi) is 5.91. The van der Waals surface area contributed by atoms with Crippen molar-refractivity contribution >= 4 is 52.3 Å². The highest BCUT2D eigenvalue weighted by Crippen LogP contribution is 2.29. The van der Waals surface area contributed by atoms with E-state index in [0.717, 1.165) is 0 Å². The van der Waals surface area contributed by atoms with E-state index in [1.165, 1.54) is 11.0 Å².